The Balaban J connectivity index is 1.51. The van der Waals surface area contributed by atoms with Gasteiger partial charge in [0.25, 0.3) is 0 Å². The molecule has 0 radical (unpaired) electrons. The number of allylic oxidation sites excluding steroid dienone is 1. The second-order valence-corrected chi connectivity index (χ2v) is 8.39. The number of rotatable bonds is 4. The van der Waals surface area contributed by atoms with Crippen molar-refractivity contribution in [3.63, 3.8) is 0 Å². The van der Waals surface area contributed by atoms with E-state index in [1.807, 2.05) is 4.90 Å². The Morgan fingerprint density at radius 3 is 2.63 bits per heavy atom. The van der Waals surface area contributed by atoms with E-state index in [0.717, 1.165) is 0 Å². The monoisotopic (exact) mass is 497 g/mol. The first-order valence-electron chi connectivity index (χ1n) is 10.9. The quantitative estimate of drug-likeness (QED) is 0.373. The molecule has 35 heavy (non-hydrogen) atoms. The van der Waals surface area contributed by atoms with Crippen LogP contribution >= 0.6 is 11.6 Å². The molecule has 2 aromatic carbocycles. The van der Waals surface area contributed by atoms with Crippen molar-refractivity contribution in [3.05, 3.63) is 71.7 Å². The number of carbonyl (C=O) groups excluding carboxylic acids is 1. The first kappa shape index (κ1) is 23.0. The van der Waals surface area contributed by atoms with Crippen LogP contribution in [-0.4, -0.2) is 58.6 Å². The molecule has 0 N–H and O–H groups in total. The summed E-state index contributed by atoms with van der Waals surface area (Å²) in [5.41, 5.74) is 0.448. The molecular formula is C25H19ClF3N5O. The van der Waals surface area contributed by atoms with Gasteiger partial charge in [-0.2, -0.15) is 0 Å². The van der Waals surface area contributed by atoms with Gasteiger partial charge >= 0.3 is 0 Å². The summed E-state index contributed by atoms with van der Waals surface area (Å²) in [5, 5.41) is 1.35. The summed E-state index contributed by atoms with van der Waals surface area (Å²) in [4.78, 5) is 28.5. The third-order valence-electron chi connectivity index (χ3n) is 6.03. The molecule has 1 amide bonds. The van der Waals surface area contributed by atoms with Gasteiger partial charge in [0.15, 0.2) is 5.82 Å². The summed E-state index contributed by atoms with van der Waals surface area (Å²) in [6.07, 6.45) is 5.18. The summed E-state index contributed by atoms with van der Waals surface area (Å²) >= 11 is 6.23. The van der Waals surface area contributed by atoms with Crippen molar-refractivity contribution in [2.24, 2.45) is 0 Å². The minimum absolute atomic E-state index is 0.00955. The number of aromatic nitrogens is 3. The number of carbonyl (C=O) groups is 1. The minimum Gasteiger partial charge on any atom is -0.352 e. The van der Waals surface area contributed by atoms with Crippen LogP contribution in [-0.2, 0) is 4.79 Å². The summed E-state index contributed by atoms with van der Waals surface area (Å²) in [5.74, 6) is -1.02. The molecule has 1 saturated heterocycles. The molecule has 0 spiro atoms. The van der Waals surface area contributed by atoms with Gasteiger partial charge in [-0.25, -0.2) is 23.1 Å². The number of nitrogens with zero attached hydrogens (tertiary/aromatic N) is 5. The first-order chi connectivity index (χ1) is 17.0. The highest BCUT2D eigenvalue weighted by molar-refractivity contribution is 6.36. The van der Waals surface area contributed by atoms with E-state index >= 15 is 4.39 Å². The lowest BCUT2D eigenvalue weighted by Crippen LogP contribution is -2.48. The van der Waals surface area contributed by atoms with Gasteiger partial charge in [0.2, 0.25) is 5.91 Å². The van der Waals surface area contributed by atoms with Gasteiger partial charge in [0.1, 0.15) is 35.8 Å². The lowest BCUT2D eigenvalue weighted by Gasteiger charge is -2.35. The third kappa shape index (κ3) is 4.16. The van der Waals surface area contributed by atoms with Crippen LogP contribution in [0.3, 0.4) is 0 Å². The largest absolute Gasteiger partial charge is 0.352 e. The maximum atomic E-state index is 15.7. The zero-order chi connectivity index (χ0) is 24.5. The molecule has 1 aliphatic heterocycles. The molecule has 4 aromatic rings. The number of hydrogen-bond donors (Lipinski definition) is 0. The molecule has 2 aromatic heterocycles. The van der Waals surface area contributed by atoms with E-state index in [1.54, 1.807) is 29.2 Å². The number of pyridine rings is 1. The first-order valence-corrected chi connectivity index (χ1v) is 11.3. The Morgan fingerprint density at radius 2 is 1.86 bits per heavy atom. The predicted molar refractivity (Wildman–Crippen MR) is 129 cm³/mol. The number of piperazine rings is 1. The fourth-order valence-corrected chi connectivity index (χ4v) is 4.59. The average molecular weight is 498 g/mol. The molecule has 0 aliphatic carbocycles. The van der Waals surface area contributed by atoms with Gasteiger partial charge in [0.05, 0.1) is 10.4 Å². The Kier molecular flexibility index (Phi) is 6.25. The van der Waals surface area contributed by atoms with Gasteiger partial charge in [-0.1, -0.05) is 35.9 Å². The van der Waals surface area contributed by atoms with Crippen LogP contribution in [0.5, 0.6) is 0 Å². The van der Waals surface area contributed by atoms with Crippen LogP contribution in [0.2, 0.25) is 5.02 Å². The lowest BCUT2D eigenvalue weighted by atomic mass is 10.0. The lowest BCUT2D eigenvalue weighted by molar-refractivity contribution is -0.126. The average Bonchev–Trinajstić information content (AvgIpc) is 2.89. The molecule has 1 fully saturated rings. The standard InChI is InChI=1S/C25H19ClF3N5O/c26-21-18(28)7-6-15-3-1-4-16(20(15)21)23-22(29)24-17(13-30-23)25(32-14-31-24)34-11-9-33(10-12-34)19(35)5-2-8-27/h1-7,13-14H,8-12H2/b5-2+. The van der Waals surface area contributed by atoms with Crippen LogP contribution in [0.25, 0.3) is 32.9 Å². The van der Waals surface area contributed by atoms with E-state index in [1.165, 1.54) is 30.7 Å². The zero-order valence-corrected chi connectivity index (χ0v) is 19.1. The molecule has 1 aliphatic rings. The molecule has 6 nitrogen and oxygen atoms in total. The van der Waals surface area contributed by atoms with Crippen LogP contribution in [0, 0.1) is 11.6 Å². The number of halogens is 4. The van der Waals surface area contributed by atoms with Crippen molar-refractivity contribution in [2.45, 2.75) is 0 Å². The van der Waals surface area contributed by atoms with Gasteiger partial charge in [-0.05, 0) is 17.5 Å². The SMILES string of the molecule is O=C(/C=C/CF)N1CCN(c2ncnc3c(F)c(-c4cccc5ccc(F)c(Cl)c45)ncc23)CC1. The highest BCUT2D eigenvalue weighted by Crippen LogP contribution is 2.37. The topological polar surface area (TPSA) is 62.2 Å². The molecule has 178 valence electrons. The highest BCUT2D eigenvalue weighted by atomic mass is 35.5. The van der Waals surface area contributed by atoms with Crippen molar-refractivity contribution in [3.8, 4) is 11.3 Å². The van der Waals surface area contributed by atoms with E-state index < -0.39 is 18.3 Å². The number of anilines is 1. The van der Waals surface area contributed by atoms with E-state index in [4.69, 9.17) is 11.6 Å². The molecule has 5 rings (SSSR count). The smallest absolute Gasteiger partial charge is 0.246 e. The normalized spacial score (nSPS) is 14.4. The molecule has 3 heterocycles. The van der Waals surface area contributed by atoms with E-state index in [2.05, 4.69) is 15.0 Å². The van der Waals surface area contributed by atoms with Crippen molar-refractivity contribution >= 4 is 45.0 Å². The fraction of sp³-hybridized carbons (Fsp3) is 0.200. The van der Waals surface area contributed by atoms with E-state index in [-0.39, 0.29) is 22.1 Å². The fourth-order valence-electron chi connectivity index (χ4n) is 4.31. The summed E-state index contributed by atoms with van der Waals surface area (Å²) in [6.45, 7) is 1.05. The van der Waals surface area contributed by atoms with Crippen LogP contribution in [0.1, 0.15) is 0 Å². The van der Waals surface area contributed by atoms with Crippen molar-refractivity contribution in [2.75, 3.05) is 37.8 Å². The molecule has 0 saturated carbocycles. The van der Waals surface area contributed by atoms with Gasteiger partial charge in [-0.15, -0.1) is 0 Å². The van der Waals surface area contributed by atoms with Crippen LogP contribution < -0.4 is 4.90 Å². The van der Waals surface area contributed by atoms with E-state index in [9.17, 15) is 13.6 Å². The predicted octanol–water partition coefficient (Wildman–Crippen LogP) is 4.95. The van der Waals surface area contributed by atoms with Crippen molar-refractivity contribution < 1.29 is 18.0 Å². The number of amides is 1. The minimum atomic E-state index is -0.695. The Hall–Kier alpha value is -3.72. The highest BCUT2D eigenvalue weighted by Gasteiger charge is 2.24. The molecule has 0 unspecified atom stereocenters. The zero-order valence-electron chi connectivity index (χ0n) is 18.4. The summed E-state index contributed by atoms with van der Waals surface area (Å²) in [7, 11) is 0. The molecule has 10 heteroatoms. The van der Waals surface area contributed by atoms with Gasteiger partial charge < -0.3 is 9.80 Å². The Bertz CT molecular complexity index is 1470. The maximum absolute atomic E-state index is 15.7. The summed E-state index contributed by atoms with van der Waals surface area (Å²) < 4.78 is 42.2. The summed E-state index contributed by atoms with van der Waals surface area (Å²) in [6, 6.07) is 7.98. The molecular weight excluding hydrogens is 479 g/mol. The third-order valence-corrected chi connectivity index (χ3v) is 6.40. The van der Waals surface area contributed by atoms with Gasteiger partial charge in [0, 0.05) is 49.4 Å². The molecule has 0 bridgehead atoms. The second kappa shape index (κ2) is 9.50. The maximum Gasteiger partial charge on any atom is 0.246 e. The Morgan fingerprint density at radius 1 is 1.06 bits per heavy atom. The second-order valence-electron chi connectivity index (χ2n) is 8.01. The number of hydrogen-bond acceptors (Lipinski definition) is 5. The number of benzene rings is 2. The van der Waals surface area contributed by atoms with E-state index in [0.29, 0.717) is 53.7 Å². The Labute approximate surface area is 203 Å². The van der Waals surface area contributed by atoms with Crippen LogP contribution in [0.4, 0.5) is 19.0 Å². The van der Waals surface area contributed by atoms with Crippen molar-refractivity contribution in [1.29, 1.82) is 0 Å². The number of fused-ring (bicyclic) bond motifs is 2. The number of alkyl halides is 1. The van der Waals surface area contributed by atoms with Gasteiger partial charge in [-0.3, -0.25) is 9.78 Å². The van der Waals surface area contributed by atoms with Crippen LogP contribution in [0.15, 0.2) is 55.0 Å². The van der Waals surface area contributed by atoms with Crippen molar-refractivity contribution in [1.82, 2.24) is 19.9 Å². The molecule has 0 atom stereocenters.